The van der Waals surface area contributed by atoms with Crippen LogP contribution in [0.25, 0.3) is 0 Å². The fourth-order valence-electron chi connectivity index (χ4n) is 3.79. The molecule has 0 aliphatic carbocycles. The Bertz CT molecular complexity index is 1290. The molecule has 1 aliphatic rings. The minimum absolute atomic E-state index is 0.0193. The molecular formula is C23H24N4O4S2. The number of hydrogen-bond acceptors (Lipinski definition) is 7. The molecule has 2 amide bonds. The van der Waals surface area contributed by atoms with Crippen LogP contribution in [0, 0.1) is 6.92 Å². The minimum Gasteiger partial charge on any atom is -0.311 e. The van der Waals surface area contributed by atoms with Gasteiger partial charge in [-0.25, -0.2) is 8.42 Å². The van der Waals surface area contributed by atoms with Gasteiger partial charge in [-0.3, -0.25) is 14.9 Å². The van der Waals surface area contributed by atoms with Gasteiger partial charge in [0.25, 0.3) is 0 Å². The molecule has 33 heavy (non-hydrogen) atoms. The number of carbonyl (C=O) groups excluding carboxylic acids is 2. The van der Waals surface area contributed by atoms with E-state index in [0.717, 1.165) is 34.6 Å². The Labute approximate surface area is 196 Å². The van der Waals surface area contributed by atoms with Crippen LogP contribution in [0.2, 0.25) is 0 Å². The SMILES string of the molecule is CCc1ccccc1N1C[C@H](c2nnc(NC(=O)CS(=O)(=O)c3ccc(C)cc3)s2)CC1=O. The second-order valence-electron chi connectivity index (χ2n) is 7.95. The van der Waals surface area contributed by atoms with E-state index in [0.29, 0.717) is 18.0 Å². The topological polar surface area (TPSA) is 109 Å². The highest BCUT2D eigenvalue weighted by Crippen LogP contribution is 2.35. The molecule has 1 saturated heterocycles. The molecule has 0 bridgehead atoms. The van der Waals surface area contributed by atoms with Crippen molar-refractivity contribution in [3.63, 3.8) is 0 Å². The number of aromatic nitrogens is 2. The number of benzene rings is 2. The van der Waals surface area contributed by atoms with E-state index in [2.05, 4.69) is 22.4 Å². The summed E-state index contributed by atoms with van der Waals surface area (Å²) in [4.78, 5) is 26.9. The first-order valence-electron chi connectivity index (χ1n) is 10.6. The molecule has 0 radical (unpaired) electrons. The van der Waals surface area contributed by atoms with Crippen molar-refractivity contribution < 1.29 is 18.0 Å². The van der Waals surface area contributed by atoms with Gasteiger partial charge >= 0.3 is 0 Å². The Balaban J connectivity index is 1.41. The summed E-state index contributed by atoms with van der Waals surface area (Å²) in [6, 6.07) is 14.2. The van der Waals surface area contributed by atoms with Crippen molar-refractivity contribution in [3.8, 4) is 0 Å². The summed E-state index contributed by atoms with van der Waals surface area (Å²) in [5.41, 5.74) is 2.94. The molecule has 3 aromatic rings. The molecule has 2 heterocycles. The average molecular weight is 485 g/mol. The molecule has 1 aromatic heterocycles. The Hall–Kier alpha value is -3.11. The average Bonchev–Trinajstić information content (AvgIpc) is 3.40. The van der Waals surface area contributed by atoms with Gasteiger partial charge in [-0.15, -0.1) is 10.2 Å². The molecule has 1 atom stereocenters. The van der Waals surface area contributed by atoms with E-state index in [1.807, 2.05) is 31.2 Å². The Morgan fingerprint density at radius 2 is 1.88 bits per heavy atom. The van der Waals surface area contributed by atoms with Crippen molar-refractivity contribution >= 4 is 43.8 Å². The van der Waals surface area contributed by atoms with E-state index in [1.165, 1.54) is 12.1 Å². The number of nitrogens with one attached hydrogen (secondary N) is 1. The maximum atomic E-state index is 12.7. The highest BCUT2D eigenvalue weighted by atomic mass is 32.2. The molecule has 0 saturated carbocycles. The smallest absolute Gasteiger partial charge is 0.241 e. The summed E-state index contributed by atoms with van der Waals surface area (Å²) in [7, 11) is -3.76. The van der Waals surface area contributed by atoms with Gasteiger partial charge in [0.15, 0.2) is 9.84 Å². The van der Waals surface area contributed by atoms with E-state index >= 15 is 0 Å². The Morgan fingerprint density at radius 3 is 2.61 bits per heavy atom. The predicted octanol–water partition coefficient (Wildman–Crippen LogP) is 3.34. The molecule has 0 unspecified atom stereocenters. The van der Waals surface area contributed by atoms with E-state index in [9.17, 15) is 18.0 Å². The molecule has 4 rings (SSSR count). The lowest BCUT2D eigenvalue weighted by molar-refractivity contribution is -0.117. The number of rotatable bonds is 7. The van der Waals surface area contributed by atoms with Crippen molar-refractivity contribution in [2.45, 2.75) is 37.5 Å². The number of sulfone groups is 1. The first-order valence-corrected chi connectivity index (χ1v) is 13.0. The molecular weight excluding hydrogens is 460 g/mol. The number of para-hydroxylation sites is 1. The summed E-state index contributed by atoms with van der Waals surface area (Å²) in [6.07, 6.45) is 1.13. The van der Waals surface area contributed by atoms with Gasteiger partial charge in [0.05, 0.1) is 4.90 Å². The summed E-state index contributed by atoms with van der Waals surface area (Å²) >= 11 is 1.16. The molecule has 1 fully saturated rings. The Morgan fingerprint density at radius 1 is 1.15 bits per heavy atom. The zero-order valence-electron chi connectivity index (χ0n) is 18.3. The molecule has 8 nitrogen and oxygen atoms in total. The van der Waals surface area contributed by atoms with Gasteiger partial charge in [-0.05, 0) is 37.1 Å². The number of carbonyl (C=O) groups is 2. The first-order chi connectivity index (χ1) is 15.8. The van der Waals surface area contributed by atoms with E-state index in [-0.39, 0.29) is 21.9 Å². The van der Waals surface area contributed by atoms with Gasteiger partial charge in [-0.2, -0.15) is 0 Å². The molecule has 10 heteroatoms. The quantitative estimate of drug-likeness (QED) is 0.551. The van der Waals surface area contributed by atoms with Crippen molar-refractivity contribution in [3.05, 3.63) is 64.7 Å². The van der Waals surface area contributed by atoms with E-state index in [1.54, 1.807) is 17.0 Å². The molecule has 0 spiro atoms. The first kappa shape index (κ1) is 23.1. The van der Waals surface area contributed by atoms with Gasteiger partial charge in [0.1, 0.15) is 10.8 Å². The molecule has 2 aromatic carbocycles. The number of hydrogen-bond donors (Lipinski definition) is 1. The third kappa shape index (κ3) is 5.12. The summed E-state index contributed by atoms with van der Waals surface area (Å²) < 4.78 is 25.0. The summed E-state index contributed by atoms with van der Waals surface area (Å²) in [5, 5.41) is 11.5. The second kappa shape index (κ2) is 9.40. The van der Waals surface area contributed by atoms with Crippen LogP contribution < -0.4 is 10.2 Å². The van der Waals surface area contributed by atoms with Crippen LogP contribution in [0.4, 0.5) is 10.8 Å². The maximum Gasteiger partial charge on any atom is 0.241 e. The van der Waals surface area contributed by atoms with Gasteiger partial charge in [-0.1, -0.05) is 54.2 Å². The third-order valence-corrected chi connectivity index (χ3v) is 8.16. The van der Waals surface area contributed by atoms with Crippen molar-refractivity contribution in [2.24, 2.45) is 0 Å². The lowest BCUT2D eigenvalue weighted by Crippen LogP contribution is -2.25. The molecule has 172 valence electrons. The maximum absolute atomic E-state index is 12.7. The minimum atomic E-state index is -3.76. The van der Waals surface area contributed by atoms with Gasteiger partial charge < -0.3 is 4.90 Å². The van der Waals surface area contributed by atoms with E-state index in [4.69, 9.17) is 0 Å². The van der Waals surface area contributed by atoms with Crippen LogP contribution in [0.5, 0.6) is 0 Å². The lowest BCUT2D eigenvalue weighted by atomic mass is 10.1. The number of amides is 2. The van der Waals surface area contributed by atoms with Crippen LogP contribution in [-0.2, 0) is 25.8 Å². The van der Waals surface area contributed by atoms with Gasteiger partial charge in [0, 0.05) is 24.6 Å². The van der Waals surface area contributed by atoms with Crippen LogP contribution >= 0.6 is 11.3 Å². The van der Waals surface area contributed by atoms with Crippen LogP contribution in [-0.4, -0.2) is 42.7 Å². The van der Waals surface area contributed by atoms with Crippen molar-refractivity contribution in [2.75, 3.05) is 22.5 Å². The summed E-state index contributed by atoms with van der Waals surface area (Å²) in [5.74, 6) is -1.49. The molecule has 1 aliphatic heterocycles. The number of nitrogens with zero attached hydrogens (tertiary/aromatic N) is 3. The fourth-order valence-corrected chi connectivity index (χ4v) is 5.77. The van der Waals surface area contributed by atoms with Crippen molar-refractivity contribution in [1.29, 1.82) is 0 Å². The van der Waals surface area contributed by atoms with Gasteiger partial charge in [0.2, 0.25) is 16.9 Å². The van der Waals surface area contributed by atoms with Crippen LogP contribution in [0.3, 0.4) is 0 Å². The zero-order chi connectivity index (χ0) is 23.6. The summed E-state index contributed by atoms with van der Waals surface area (Å²) in [6.45, 7) is 4.39. The fraction of sp³-hybridized carbons (Fsp3) is 0.304. The normalized spacial score (nSPS) is 16.2. The standard InChI is InChI=1S/C23H24N4O4S2/c1-3-16-6-4-5-7-19(16)27-13-17(12-21(27)29)22-25-26-23(32-22)24-20(28)14-33(30,31)18-10-8-15(2)9-11-18/h4-11,17H,3,12-14H2,1-2H3,(H,24,26,28)/t17-/m1/s1. The highest BCUT2D eigenvalue weighted by molar-refractivity contribution is 7.92. The number of aryl methyl sites for hydroxylation is 2. The third-order valence-electron chi connectivity index (χ3n) is 5.53. The lowest BCUT2D eigenvalue weighted by Gasteiger charge is -2.19. The Kier molecular flexibility index (Phi) is 6.57. The largest absolute Gasteiger partial charge is 0.311 e. The molecule has 1 N–H and O–H groups in total. The second-order valence-corrected chi connectivity index (χ2v) is 11.0. The van der Waals surface area contributed by atoms with E-state index < -0.39 is 21.5 Å². The zero-order valence-corrected chi connectivity index (χ0v) is 19.9. The van der Waals surface area contributed by atoms with Crippen LogP contribution in [0.15, 0.2) is 53.4 Å². The van der Waals surface area contributed by atoms with Crippen LogP contribution in [0.1, 0.15) is 35.4 Å². The highest BCUT2D eigenvalue weighted by Gasteiger charge is 2.34. The monoisotopic (exact) mass is 484 g/mol. The predicted molar refractivity (Wildman–Crippen MR) is 127 cm³/mol. The van der Waals surface area contributed by atoms with Crippen molar-refractivity contribution in [1.82, 2.24) is 10.2 Å². The number of anilines is 2.